The number of carbonyl (C=O) groups excluding carboxylic acids is 2. The lowest BCUT2D eigenvalue weighted by Crippen LogP contribution is -2.43. The predicted octanol–water partition coefficient (Wildman–Crippen LogP) is 1.80. The van der Waals surface area contributed by atoms with E-state index in [1.165, 1.54) is 4.90 Å². The first kappa shape index (κ1) is 13.4. The zero-order valence-corrected chi connectivity index (χ0v) is 11.5. The number of benzene rings is 1. The summed E-state index contributed by atoms with van der Waals surface area (Å²) in [6.45, 7) is 5.78. The average molecular weight is 261 g/mol. The minimum Gasteiger partial charge on any atom is -0.399 e. The van der Waals surface area contributed by atoms with Crippen LogP contribution in [-0.4, -0.2) is 22.4 Å². The summed E-state index contributed by atoms with van der Waals surface area (Å²) >= 11 is 0. The van der Waals surface area contributed by atoms with Gasteiger partial charge in [0.15, 0.2) is 0 Å². The third-order valence-corrected chi connectivity index (χ3v) is 3.87. The number of anilines is 1. The van der Waals surface area contributed by atoms with Crippen LogP contribution in [0, 0.1) is 6.92 Å². The lowest BCUT2D eigenvalue weighted by atomic mass is 9.99. The minimum atomic E-state index is -0.786. The number of hydrogen-bond donors (Lipinski definition) is 2. The van der Waals surface area contributed by atoms with Crippen LogP contribution in [0.1, 0.15) is 31.4 Å². The Labute approximate surface area is 112 Å². The molecule has 102 valence electrons. The highest BCUT2D eigenvalue weighted by molar-refractivity contribution is 6.06. The summed E-state index contributed by atoms with van der Waals surface area (Å²) < 4.78 is 0. The maximum atomic E-state index is 12.3. The van der Waals surface area contributed by atoms with Crippen LogP contribution in [0.4, 0.5) is 10.5 Å². The fourth-order valence-corrected chi connectivity index (χ4v) is 2.18. The summed E-state index contributed by atoms with van der Waals surface area (Å²) in [5.74, 6) is -0.179. The first-order valence-electron chi connectivity index (χ1n) is 6.37. The van der Waals surface area contributed by atoms with Gasteiger partial charge in [-0.2, -0.15) is 0 Å². The van der Waals surface area contributed by atoms with E-state index in [1.54, 1.807) is 13.0 Å². The fraction of sp³-hybridized carbons (Fsp3) is 0.429. The van der Waals surface area contributed by atoms with Crippen molar-refractivity contribution in [2.24, 2.45) is 0 Å². The van der Waals surface area contributed by atoms with Gasteiger partial charge >= 0.3 is 6.03 Å². The van der Waals surface area contributed by atoms with Gasteiger partial charge in [0.1, 0.15) is 5.54 Å². The highest BCUT2D eigenvalue weighted by Crippen LogP contribution is 2.24. The van der Waals surface area contributed by atoms with E-state index in [0.717, 1.165) is 11.1 Å². The standard InChI is InChI=1S/C14H19N3O2/c1-4-14(3)12(18)17(13(19)16-14)8-10-6-5-7-11(15)9(10)2/h5-7H,4,8,15H2,1-3H3,(H,16,19). The maximum absolute atomic E-state index is 12.3. The van der Waals surface area contributed by atoms with E-state index in [-0.39, 0.29) is 18.5 Å². The Balaban J connectivity index is 2.27. The normalized spacial score (nSPS) is 22.8. The van der Waals surface area contributed by atoms with E-state index in [2.05, 4.69) is 5.32 Å². The number of nitrogens with one attached hydrogen (secondary N) is 1. The Kier molecular flexibility index (Phi) is 3.22. The molecule has 1 fully saturated rings. The van der Waals surface area contributed by atoms with E-state index in [1.807, 2.05) is 26.0 Å². The molecule has 19 heavy (non-hydrogen) atoms. The zero-order valence-electron chi connectivity index (χ0n) is 11.5. The number of amides is 3. The molecule has 2 rings (SSSR count). The van der Waals surface area contributed by atoms with Crippen LogP contribution in [0.25, 0.3) is 0 Å². The molecular weight excluding hydrogens is 242 g/mol. The van der Waals surface area contributed by atoms with Crippen molar-refractivity contribution in [1.29, 1.82) is 0 Å². The summed E-state index contributed by atoms with van der Waals surface area (Å²) in [4.78, 5) is 25.5. The van der Waals surface area contributed by atoms with Gasteiger partial charge in [0.25, 0.3) is 5.91 Å². The molecule has 1 heterocycles. The van der Waals surface area contributed by atoms with E-state index >= 15 is 0 Å². The summed E-state index contributed by atoms with van der Waals surface area (Å²) in [6, 6.07) is 5.18. The summed E-state index contributed by atoms with van der Waals surface area (Å²) in [5.41, 5.74) is 7.53. The molecular formula is C14H19N3O2. The molecule has 1 aromatic carbocycles. The minimum absolute atomic E-state index is 0.179. The van der Waals surface area contributed by atoms with Crippen LogP contribution in [0.2, 0.25) is 0 Å². The number of urea groups is 1. The summed E-state index contributed by atoms with van der Waals surface area (Å²) in [6.07, 6.45) is 0.573. The third kappa shape index (κ3) is 2.16. The van der Waals surface area contributed by atoms with Crippen molar-refractivity contribution in [3.63, 3.8) is 0 Å². The molecule has 1 unspecified atom stereocenters. The molecule has 1 atom stereocenters. The predicted molar refractivity (Wildman–Crippen MR) is 73.4 cm³/mol. The first-order chi connectivity index (χ1) is 8.89. The van der Waals surface area contributed by atoms with Crippen molar-refractivity contribution in [3.05, 3.63) is 29.3 Å². The van der Waals surface area contributed by atoms with Gasteiger partial charge in [0.05, 0.1) is 6.54 Å². The molecule has 1 saturated heterocycles. The van der Waals surface area contributed by atoms with Crippen LogP contribution in [0.3, 0.4) is 0 Å². The van der Waals surface area contributed by atoms with Crippen LogP contribution in [0.15, 0.2) is 18.2 Å². The van der Waals surface area contributed by atoms with Gasteiger partial charge in [0, 0.05) is 5.69 Å². The van der Waals surface area contributed by atoms with Crippen molar-refractivity contribution in [2.45, 2.75) is 39.3 Å². The Morgan fingerprint density at radius 1 is 1.37 bits per heavy atom. The third-order valence-electron chi connectivity index (χ3n) is 3.87. The van der Waals surface area contributed by atoms with E-state index in [4.69, 9.17) is 5.73 Å². The van der Waals surface area contributed by atoms with Crippen molar-refractivity contribution >= 4 is 17.6 Å². The fourth-order valence-electron chi connectivity index (χ4n) is 2.18. The van der Waals surface area contributed by atoms with Gasteiger partial charge in [-0.25, -0.2) is 4.79 Å². The van der Waals surface area contributed by atoms with Crippen molar-refractivity contribution in [2.75, 3.05) is 5.73 Å². The van der Waals surface area contributed by atoms with Crippen LogP contribution in [0.5, 0.6) is 0 Å². The monoisotopic (exact) mass is 261 g/mol. The van der Waals surface area contributed by atoms with Crippen molar-refractivity contribution in [1.82, 2.24) is 10.2 Å². The quantitative estimate of drug-likeness (QED) is 0.643. The highest BCUT2D eigenvalue weighted by Gasteiger charge is 2.46. The number of imide groups is 1. The van der Waals surface area contributed by atoms with Crippen LogP contribution in [-0.2, 0) is 11.3 Å². The van der Waals surface area contributed by atoms with E-state index < -0.39 is 5.54 Å². The molecule has 0 bridgehead atoms. The molecule has 5 heteroatoms. The number of hydrogen-bond acceptors (Lipinski definition) is 3. The van der Waals surface area contributed by atoms with Crippen LogP contribution < -0.4 is 11.1 Å². The summed E-state index contributed by atoms with van der Waals surface area (Å²) in [7, 11) is 0. The molecule has 0 aliphatic carbocycles. The smallest absolute Gasteiger partial charge is 0.325 e. The second-order valence-corrected chi connectivity index (χ2v) is 5.14. The molecule has 3 amide bonds. The Morgan fingerprint density at radius 2 is 2.05 bits per heavy atom. The molecule has 1 aromatic rings. The van der Waals surface area contributed by atoms with E-state index in [9.17, 15) is 9.59 Å². The lowest BCUT2D eigenvalue weighted by Gasteiger charge is -2.20. The van der Waals surface area contributed by atoms with Gasteiger partial charge in [-0.3, -0.25) is 9.69 Å². The number of nitrogens with zero attached hydrogens (tertiary/aromatic N) is 1. The number of nitrogen functional groups attached to an aromatic ring is 1. The molecule has 1 aliphatic rings. The van der Waals surface area contributed by atoms with E-state index in [0.29, 0.717) is 12.1 Å². The average Bonchev–Trinajstić information content (AvgIpc) is 2.59. The Morgan fingerprint density at radius 3 is 2.63 bits per heavy atom. The van der Waals surface area contributed by atoms with Gasteiger partial charge in [0.2, 0.25) is 0 Å². The topological polar surface area (TPSA) is 75.4 Å². The Bertz CT molecular complexity index is 541. The number of carbonyl (C=O) groups is 2. The lowest BCUT2D eigenvalue weighted by molar-refractivity contribution is -0.131. The first-order valence-corrected chi connectivity index (χ1v) is 6.37. The summed E-state index contributed by atoms with van der Waals surface area (Å²) in [5, 5.41) is 2.74. The zero-order chi connectivity index (χ0) is 14.2. The van der Waals surface area contributed by atoms with Crippen molar-refractivity contribution < 1.29 is 9.59 Å². The van der Waals surface area contributed by atoms with Gasteiger partial charge < -0.3 is 11.1 Å². The van der Waals surface area contributed by atoms with Crippen LogP contribution >= 0.6 is 0 Å². The van der Waals surface area contributed by atoms with Crippen molar-refractivity contribution in [3.8, 4) is 0 Å². The molecule has 3 N–H and O–H groups in total. The highest BCUT2D eigenvalue weighted by atomic mass is 16.2. The van der Waals surface area contributed by atoms with Gasteiger partial charge in [-0.05, 0) is 37.5 Å². The second kappa shape index (κ2) is 4.57. The molecule has 0 saturated carbocycles. The molecule has 1 aliphatic heterocycles. The Hall–Kier alpha value is -2.04. The maximum Gasteiger partial charge on any atom is 0.325 e. The SMILES string of the molecule is CCC1(C)NC(=O)N(Cc2cccc(N)c2C)C1=O. The molecule has 0 radical (unpaired) electrons. The molecule has 0 aromatic heterocycles. The number of nitrogens with two attached hydrogens (primary N) is 1. The van der Waals surface area contributed by atoms with Gasteiger partial charge in [-0.15, -0.1) is 0 Å². The molecule has 5 nitrogen and oxygen atoms in total. The molecule has 0 spiro atoms. The van der Waals surface area contributed by atoms with Gasteiger partial charge in [-0.1, -0.05) is 19.1 Å². The number of rotatable bonds is 3. The second-order valence-electron chi connectivity index (χ2n) is 5.14. The largest absolute Gasteiger partial charge is 0.399 e.